The quantitative estimate of drug-likeness (QED) is 0.521. The SMILES string of the molecule is CC(=O)c1ccc(S(=O)(=O)Nc2ccc3c(ccn3-c3cccnc3)c2)cc1. The summed E-state index contributed by atoms with van der Waals surface area (Å²) >= 11 is 0. The Balaban J connectivity index is 1.63. The number of rotatable bonds is 5. The minimum atomic E-state index is -3.75. The van der Waals surface area contributed by atoms with E-state index in [1.807, 2.05) is 35.0 Å². The van der Waals surface area contributed by atoms with Crippen LogP contribution in [0.3, 0.4) is 0 Å². The number of fused-ring (bicyclic) bond motifs is 1. The summed E-state index contributed by atoms with van der Waals surface area (Å²) in [6, 6.07) is 17.0. The van der Waals surface area contributed by atoms with Crippen LogP contribution >= 0.6 is 0 Å². The first-order valence-electron chi connectivity index (χ1n) is 8.59. The van der Waals surface area contributed by atoms with Crippen molar-refractivity contribution in [1.82, 2.24) is 9.55 Å². The van der Waals surface area contributed by atoms with E-state index in [2.05, 4.69) is 9.71 Å². The molecular formula is C21H17N3O3S. The molecule has 28 heavy (non-hydrogen) atoms. The fourth-order valence-electron chi connectivity index (χ4n) is 3.01. The van der Waals surface area contributed by atoms with E-state index >= 15 is 0 Å². The third-order valence-corrected chi connectivity index (χ3v) is 5.83. The monoisotopic (exact) mass is 391 g/mol. The molecule has 0 bridgehead atoms. The van der Waals surface area contributed by atoms with Crippen molar-refractivity contribution in [1.29, 1.82) is 0 Å². The molecule has 6 nitrogen and oxygen atoms in total. The summed E-state index contributed by atoms with van der Waals surface area (Å²) in [5, 5.41) is 0.899. The number of sulfonamides is 1. The molecule has 0 radical (unpaired) electrons. The Bertz CT molecular complexity index is 1260. The Labute approximate surface area is 162 Å². The first-order valence-corrected chi connectivity index (χ1v) is 10.1. The van der Waals surface area contributed by atoms with Crippen molar-refractivity contribution in [2.75, 3.05) is 4.72 Å². The van der Waals surface area contributed by atoms with Crippen molar-refractivity contribution in [3.8, 4) is 5.69 Å². The number of carbonyl (C=O) groups excluding carboxylic acids is 1. The lowest BCUT2D eigenvalue weighted by Crippen LogP contribution is -2.13. The predicted molar refractivity (Wildman–Crippen MR) is 108 cm³/mol. The van der Waals surface area contributed by atoms with Crippen LogP contribution < -0.4 is 4.72 Å². The number of anilines is 1. The van der Waals surface area contributed by atoms with E-state index in [1.54, 1.807) is 24.5 Å². The molecule has 2 heterocycles. The van der Waals surface area contributed by atoms with Crippen molar-refractivity contribution in [2.24, 2.45) is 0 Å². The van der Waals surface area contributed by atoms with Gasteiger partial charge in [-0.15, -0.1) is 0 Å². The molecule has 0 aliphatic carbocycles. The molecule has 1 N–H and O–H groups in total. The van der Waals surface area contributed by atoms with E-state index in [0.29, 0.717) is 11.3 Å². The molecule has 0 saturated heterocycles. The highest BCUT2D eigenvalue weighted by Crippen LogP contribution is 2.25. The van der Waals surface area contributed by atoms with Crippen LogP contribution in [0.15, 0.2) is 84.1 Å². The number of nitrogens with zero attached hydrogens (tertiary/aromatic N) is 2. The molecule has 0 unspecified atom stereocenters. The molecule has 4 aromatic rings. The second kappa shape index (κ2) is 6.94. The minimum absolute atomic E-state index is 0.102. The van der Waals surface area contributed by atoms with E-state index in [4.69, 9.17) is 0 Å². The van der Waals surface area contributed by atoms with Crippen molar-refractivity contribution in [2.45, 2.75) is 11.8 Å². The molecule has 0 saturated carbocycles. The van der Waals surface area contributed by atoms with Gasteiger partial charge in [0.1, 0.15) is 0 Å². The number of nitrogens with one attached hydrogen (secondary N) is 1. The van der Waals surface area contributed by atoms with E-state index in [0.717, 1.165) is 16.6 Å². The van der Waals surface area contributed by atoms with Crippen LogP contribution in [0, 0.1) is 0 Å². The van der Waals surface area contributed by atoms with Crippen LogP contribution in [-0.4, -0.2) is 23.8 Å². The molecule has 0 aliphatic heterocycles. The molecule has 2 aromatic heterocycles. The van der Waals surface area contributed by atoms with Crippen molar-refractivity contribution in [3.05, 3.63) is 84.8 Å². The summed E-state index contributed by atoms with van der Waals surface area (Å²) < 4.78 is 29.8. The van der Waals surface area contributed by atoms with Gasteiger partial charge in [0.05, 0.1) is 22.3 Å². The average molecular weight is 391 g/mol. The number of carbonyl (C=O) groups is 1. The summed E-state index contributed by atoms with van der Waals surface area (Å²) in [4.78, 5) is 15.6. The third kappa shape index (κ3) is 3.39. The van der Waals surface area contributed by atoms with Crippen LogP contribution in [0.1, 0.15) is 17.3 Å². The highest BCUT2D eigenvalue weighted by atomic mass is 32.2. The molecule has 0 spiro atoms. The van der Waals surface area contributed by atoms with Gasteiger partial charge in [0.15, 0.2) is 5.78 Å². The smallest absolute Gasteiger partial charge is 0.261 e. The second-order valence-electron chi connectivity index (χ2n) is 6.36. The first-order chi connectivity index (χ1) is 13.4. The van der Waals surface area contributed by atoms with Crippen LogP contribution in [0.5, 0.6) is 0 Å². The van der Waals surface area contributed by atoms with Gasteiger partial charge >= 0.3 is 0 Å². The Morgan fingerprint density at radius 1 is 1.04 bits per heavy atom. The fraction of sp³-hybridized carbons (Fsp3) is 0.0476. The number of hydrogen-bond acceptors (Lipinski definition) is 4. The zero-order chi connectivity index (χ0) is 19.7. The minimum Gasteiger partial charge on any atom is -0.315 e. The molecule has 7 heteroatoms. The highest BCUT2D eigenvalue weighted by Gasteiger charge is 2.15. The lowest BCUT2D eigenvalue weighted by molar-refractivity contribution is 0.101. The maximum atomic E-state index is 12.6. The van der Waals surface area contributed by atoms with Gasteiger partial charge in [0.2, 0.25) is 0 Å². The van der Waals surface area contributed by atoms with Crippen LogP contribution in [0.25, 0.3) is 16.6 Å². The van der Waals surface area contributed by atoms with E-state index in [-0.39, 0.29) is 10.7 Å². The molecule has 2 aromatic carbocycles. The summed E-state index contributed by atoms with van der Waals surface area (Å²) in [6.45, 7) is 1.44. The van der Waals surface area contributed by atoms with E-state index < -0.39 is 10.0 Å². The van der Waals surface area contributed by atoms with Gasteiger partial charge in [0.25, 0.3) is 10.0 Å². The number of Topliss-reactive ketones (excluding diaryl/α,β-unsaturated/α-hetero) is 1. The molecule has 0 aliphatic rings. The van der Waals surface area contributed by atoms with Gasteiger partial charge in [-0.1, -0.05) is 12.1 Å². The molecular weight excluding hydrogens is 374 g/mol. The third-order valence-electron chi connectivity index (χ3n) is 4.44. The maximum absolute atomic E-state index is 12.6. The van der Waals surface area contributed by atoms with Gasteiger partial charge in [-0.2, -0.15) is 0 Å². The van der Waals surface area contributed by atoms with Crippen LogP contribution in [0.4, 0.5) is 5.69 Å². The van der Waals surface area contributed by atoms with E-state index in [1.165, 1.54) is 31.2 Å². The summed E-state index contributed by atoms with van der Waals surface area (Å²) in [5.41, 5.74) is 2.81. The summed E-state index contributed by atoms with van der Waals surface area (Å²) in [6.07, 6.45) is 5.40. The number of aromatic nitrogens is 2. The second-order valence-corrected chi connectivity index (χ2v) is 8.04. The molecule has 4 rings (SSSR count). The van der Waals surface area contributed by atoms with Gasteiger partial charge < -0.3 is 4.57 Å². The van der Waals surface area contributed by atoms with Gasteiger partial charge in [-0.3, -0.25) is 14.5 Å². The number of ketones is 1. The molecule has 0 fully saturated rings. The summed E-state index contributed by atoms with van der Waals surface area (Å²) in [7, 11) is -3.75. The van der Waals surface area contributed by atoms with Crippen molar-refractivity contribution < 1.29 is 13.2 Å². The maximum Gasteiger partial charge on any atom is 0.261 e. The highest BCUT2D eigenvalue weighted by molar-refractivity contribution is 7.92. The molecule has 0 atom stereocenters. The Morgan fingerprint density at radius 2 is 1.82 bits per heavy atom. The average Bonchev–Trinajstić information content (AvgIpc) is 3.11. The number of benzene rings is 2. The topological polar surface area (TPSA) is 81.1 Å². The Morgan fingerprint density at radius 3 is 2.50 bits per heavy atom. The zero-order valence-electron chi connectivity index (χ0n) is 15.0. The predicted octanol–water partition coefficient (Wildman–Crippen LogP) is 4.03. The van der Waals surface area contributed by atoms with Gasteiger partial charge in [0, 0.05) is 29.0 Å². The molecule has 0 amide bonds. The zero-order valence-corrected chi connectivity index (χ0v) is 15.8. The Hall–Kier alpha value is -3.45. The van der Waals surface area contributed by atoms with E-state index in [9.17, 15) is 13.2 Å². The largest absolute Gasteiger partial charge is 0.315 e. The number of pyridine rings is 1. The van der Waals surface area contributed by atoms with Crippen LogP contribution in [-0.2, 0) is 10.0 Å². The Kier molecular flexibility index (Phi) is 4.44. The lowest BCUT2D eigenvalue weighted by Gasteiger charge is -2.10. The standard InChI is InChI=1S/C21H17N3O3S/c1-15(25)16-4-7-20(8-5-16)28(26,27)23-18-6-9-21-17(13-18)10-12-24(21)19-3-2-11-22-14-19/h2-14,23H,1H3. The normalized spacial score (nSPS) is 11.5. The number of hydrogen-bond donors (Lipinski definition) is 1. The van der Waals surface area contributed by atoms with Crippen molar-refractivity contribution in [3.63, 3.8) is 0 Å². The lowest BCUT2D eigenvalue weighted by atomic mass is 10.2. The first kappa shape index (κ1) is 17.9. The summed E-state index contributed by atoms with van der Waals surface area (Å²) in [5.74, 6) is -0.111. The van der Waals surface area contributed by atoms with Crippen molar-refractivity contribution >= 4 is 32.4 Å². The van der Waals surface area contributed by atoms with Gasteiger partial charge in [-0.25, -0.2) is 8.42 Å². The van der Waals surface area contributed by atoms with Gasteiger partial charge in [-0.05, 0) is 55.5 Å². The molecule has 140 valence electrons. The fourth-order valence-corrected chi connectivity index (χ4v) is 4.06. The van der Waals surface area contributed by atoms with Crippen LogP contribution in [0.2, 0.25) is 0 Å².